The van der Waals surface area contributed by atoms with E-state index in [0.29, 0.717) is 21.5 Å². The van der Waals surface area contributed by atoms with E-state index in [1.165, 1.54) is 60.1 Å². The number of rotatable bonds is 5. The van der Waals surface area contributed by atoms with Gasteiger partial charge in [0, 0.05) is 17.8 Å². The molecule has 8 nitrogen and oxygen atoms in total. The van der Waals surface area contributed by atoms with Gasteiger partial charge >= 0.3 is 0 Å². The standard InChI is InChI=1S/C24H15F2N5O3S/c1-13-10-20(32)31(16-5-2-14(25)3-6-16)30-21(13)22(33)29-15-4-7-19(18(26)11-15)34-23-17-8-9-35-24(17)28-12-27-23/h2-12H,1H3,(H,29,33). The topological polar surface area (TPSA) is 99.0 Å². The molecule has 0 saturated heterocycles. The number of amides is 1. The number of aromatic nitrogens is 4. The predicted molar refractivity (Wildman–Crippen MR) is 126 cm³/mol. The van der Waals surface area contributed by atoms with Gasteiger partial charge in [0.2, 0.25) is 5.88 Å². The van der Waals surface area contributed by atoms with Crippen LogP contribution >= 0.6 is 11.3 Å². The molecule has 2 aromatic carbocycles. The molecule has 0 aliphatic rings. The van der Waals surface area contributed by atoms with E-state index in [-0.39, 0.29) is 23.0 Å². The lowest BCUT2D eigenvalue weighted by Crippen LogP contribution is -2.26. The Morgan fingerprint density at radius 2 is 1.86 bits per heavy atom. The average molecular weight is 491 g/mol. The maximum Gasteiger partial charge on any atom is 0.276 e. The molecule has 0 radical (unpaired) electrons. The van der Waals surface area contributed by atoms with Crippen molar-refractivity contribution in [2.75, 3.05) is 5.32 Å². The molecule has 0 aliphatic heterocycles. The van der Waals surface area contributed by atoms with Gasteiger partial charge in [-0.2, -0.15) is 9.78 Å². The van der Waals surface area contributed by atoms with E-state index in [2.05, 4.69) is 20.4 Å². The van der Waals surface area contributed by atoms with Crippen molar-refractivity contribution in [2.24, 2.45) is 0 Å². The second kappa shape index (κ2) is 9.03. The number of carbonyl (C=O) groups excluding carboxylic acids is 1. The molecule has 1 amide bonds. The Balaban J connectivity index is 1.39. The van der Waals surface area contributed by atoms with Crippen LogP contribution in [0, 0.1) is 18.6 Å². The molecule has 35 heavy (non-hydrogen) atoms. The van der Waals surface area contributed by atoms with E-state index in [4.69, 9.17) is 4.74 Å². The minimum Gasteiger partial charge on any atom is -0.435 e. The highest BCUT2D eigenvalue weighted by atomic mass is 32.1. The van der Waals surface area contributed by atoms with Crippen molar-refractivity contribution in [3.63, 3.8) is 0 Å². The summed E-state index contributed by atoms with van der Waals surface area (Å²) in [4.78, 5) is 34.1. The van der Waals surface area contributed by atoms with Crippen molar-refractivity contribution in [1.29, 1.82) is 0 Å². The molecule has 0 bridgehead atoms. The van der Waals surface area contributed by atoms with Crippen LogP contribution in [-0.2, 0) is 0 Å². The van der Waals surface area contributed by atoms with Gasteiger partial charge in [-0.1, -0.05) is 0 Å². The molecule has 0 atom stereocenters. The Kier molecular flexibility index (Phi) is 5.75. The van der Waals surface area contributed by atoms with E-state index in [1.54, 1.807) is 13.0 Å². The van der Waals surface area contributed by atoms with Crippen LogP contribution in [-0.4, -0.2) is 25.7 Å². The molecule has 5 rings (SSSR count). The van der Waals surface area contributed by atoms with Gasteiger partial charge in [-0.15, -0.1) is 11.3 Å². The highest BCUT2D eigenvalue weighted by molar-refractivity contribution is 7.16. The molecule has 11 heteroatoms. The number of hydrogen-bond donors (Lipinski definition) is 1. The van der Waals surface area contributed by atoms with Gasteiger partial charge in [0.05, 0.1) is 11.1 Å². The van der Waals surface area contributed by atoms with E-state index in [0.717, 1.165) is 10.7 Å². The minimum atomic E-state index is -0.717. The van der Waals surface area contributed by atoms with Gasteiger partial charge in [-0.25, -0.2) is 18.7 Å². The first-order valence-electron chi connectivity index (χ1n) is 10.2. The van der Waals surface area contributed by atoms with Crippen LogP contribution in [0.1, 0.15) is 16.1 Å². The summed E-state index contributed by atoms with van der Waals surface area (Å²) in [5.41, 5.74) is 0.249. The molecule has 0 unspecified atom stereocenters. The fourth-order valence-corrected chi connectivity index (χ4v) is 4.06. The zero-order chi connectivity index (χ0) is 24.5. The number of halogens is 2. The molecule has 0 spiro atoms. The number of hydrogen-bond acceptors (Lipinski definition) is 7. The maximum atomic E-state index is 14.8. The number of benzene rings is 2. The lowest BCUT2D eigenvalue weighted by atomic mass is 10.2. The third-order valence-corrected chi connectivity index (χ3v) is 5.85. The quantitative estimate of drug-likeness (QED) is 0.377. The number of nitrogens with one attached hydrogen (secondary N) is 1. The number of anilines is 1. The fraction of sp³-hybridized carbons (Fsp3) is 0.0417. The second-order valence-corrected chi connectivity index (χ2v) is 8.32. The van der Waals surface area contributed by atoms with Gasteiger partial charge in [0.15, 0.2) is 17.3 Å². The van der Waals surface area contributed by atoms with Gasteiger partial charge < -0.3 is 10.1 Å². The molecule has 0 aliphatic carbocycles. The molecule has 3 heterocycles. The van der Waals surface area contributed by atoms with Crippen LogP contribution in [0.15, 0.2) is 71.1 Å². The summed E-state index contributed by atoms with van der Waals surface area (Å²) in [6, 6.07) is 12.1. The first-order chi connectivity index (χ1) is 16.9. The smallest absolute Gasteiger partial charge is 0.276 e. The van der Waals surface area contributed by atoms with Gasteiger partial charge in [-0.05, 0) is 60.3 Å². The molecule has 0 fully saturated rings. The summed E-state index contributed by atoms with van der Waals surface area (Å²) in [5, 5.41) is 9.18. The number of ether oxygens (including phenoxy) is 1. The van der Waals surface area contributed by atoms with Crippen LogP contribution in [0.5, 0.6) is 11.6 Å². The minimum absolute atomic E-state index is 0.0458. The van der Waals surface area contributed by atoms with Crippen molar-refractivity contribution in [1.82, 2.24) is 19.7 Å². The SMILES string of the molecule is Cc1cc(=O)n(-c2ccc(F)cc2)nc1C(=O)Nc1ccc(Oc2ncnc3sccc23)c(F)c1. The normalized spacial score (nSPS) is 10.9. The summed E-state index contributed by atoms with van der Waals surface area (Å²) in [6.45, 7) is 1.56. The molecule has 0 saturated carbocycles. The van der Waals surface area contributed by atoms with Crippen LogP contribution < -0.4 is 15.6 Å². The van der Waals surface area contributed by atoms with Gasteiger partial charge in [0.25, 0.3) is 11.5 Å². The Labute approximate surface area is 200 Å². The molecular formula is C24H15F2N5O3S. The molecule has 3 aromatic heterocycles. The molecular weight excluding hydrogens is 476 g/mol. The Hall–Kier alpha value is -4.51. The Bertz CT molecular complexity index is 1630. The van der Waals surface area contributed by atoms with E-state index >= 15 is 0 Å². The zero-order valence-corrected chi connectivity index (χ0v) is 18.8. The van der Waals surface area contributed by atoms with Crippen molar-refractivity contribution in [3.05, 3.63) is 99.6 Å². The van der Waals surface area contributed by atoms with Crippen molar-refractivity contribution < 1.29 is 18.3 Å². The van der Waals surface area contributed by atoms with Gasteiger partial charge in [-0.3, -0.25) is 9.59 Å². The van der Waals surface area contributed by atoms with Crippen molar-refractivity contribution >= 4 is 33.1 Å². The highest BCUT2D eigenvalue weighted by Crippen LogP contribution is 2.31. The third-order valence-electron chi connectivity index (χ3n) is 5.03. The molecule has 174 valence electrons. The summed E-state index contributed by atoms with van der Waals surface area (Å²) in [5.74, 6) is -1.70. The lowest BCUT2D eigenvalue weighted by Gasteiger charge is -2.11. The van der Waals surface area contributed by atoms with Crippen LogP contribution in [0.4, 0.5) is 14.5 Å². The van der Waals surface area contributed by atoms with E-state index in [1.807, 2.05) is 5.38 Å². The van der Waals surface area contributed by atoms with Crippen LogP contribution in [0.2, 0.25) is 0 Å². The van der Waals surface area contributed by atoms with E-state index in [9.17, 15) is 18.4 Å². The number of carbonyl (C=O) groups is 1. The first kappa shape index (κ1) is 22.3. The van der Waals surface area contributed by atoms with E-state index < -0.39 is 23.1 Å². The summed E-state index contributed by atoms with van der Waals surface area (Å²) >= 11 is 1.41. The van der Waals surface area contributed by atoms with Crippen LogP contribution in [0.25, 0.3) is 15.9 Å². The monoisotopic (exact) mass is 491 g/mol. The highest BCUT2D eigenvalue weighted by Gasteiger charge is 2.17. The summed E-state index contributed by atoms with van der Waals surface area (Å²) in [6.07, 6.45) is 1.33. The molecule has 1 N–H and O–H groups in total. The number of aryl methyl sites for hydroxylation is 1. The predicted octanol–water partition coefficient (Wildman–Crippen LogP) is 4.87. The maximum absolute atomic E-state index is 14.8. The Morgan fingerprint density at radius 1 is 1.06 bits per heavy atom. The van der Waals surface area contributed by atoms with Crippen molar-refractivity contribution in [2.45, 2.75) is 6.92 Å². The molecule has 5 aromatic rings. The zero-order valence-electron chi connectivity index (χ0n) is 18.0. The van der Waals surface area contributed by atoms with Crippen molar-refractivity contribution in [3.8, 4) is 17.3 Å². The summed E-state index contributed by atoms with van der Waals surface area (Å²) < 4.78 is 34.6. The second-order valence-electron chi connectivity index (χ2n) is 7.42. The largest absolute Gasteiger partial charge is 0.435 e. The summed E-state index contributed by atoms with van der Waals surface area (Å²) in [7, 11) is 0. The lowest BCUT2D eigenvalue weighted by molar-refractivity contribution is 0.102. The fourth-order valence-electron chi connectivity index (χ4n) is 3.34. The third kappa shape index (κ3) is 4.49. The average Bonchev–Trinajstić information content (AvgIpc) is 3.31. The number of fused-ring (bicyclic) bond motifs is 1. The van der Waals surface area contributed by atoms with Gasteiger partial charge in [0.1, 0.15) is 17.0 Å². The Morgan fingerprint density at radius 3 is 2.63 bits per heavy atom. The number of thiophene rings is 1. The first-order valence-corrected chi connectivity index (χ1v) is 11.1. The van der Waals surface area contributed by atoms with Crippen LogP contribution in [0.3, 0.4) is 0 Å². The number of nitrogens with zero attached hydrogens (tertiary/aromatic N) is 4.